The number of hydrogen-bond donors (Lipinski definition) is 1. The Morgan fingerprint density at radius 2 is 1.08 bits per heavy atom. The summed E-state index contributed by atoms with van der Waals surface area (Å²) < 4.78 is 5.23. The van der Waals surface area contributed by atoms with Gasteiger partial charge in [-0.3, -0.25) is 0 Å². The van der Waals surface area contributed by atoms with E-state index in [-0.39, 0.29) is 15.6 Å². The maximum Gasteiger partial charge on any atom is 0.166 e. The van der Waals surface area contributed by atoms with Gasteiger partial charge in [0.1, 0.15) is 17.3 Å². The summed E-state index contributed by atoms with van der Waals surface area (Å²) in [5.74, 6) is 2.06. The van der Waals surface area contributed by atoms with Gasteiger partial charge in [-0.15, -0.1) is 0 Å². The minimum absolute atomic E-state index is 0.232. The molecule has 0 aromatic heterocycles. The van der Waals surface area contributed by atoms with E-state index in [1.807, 2.05) is 12.1 Å². The minimum Gasteiger partial charge on any atom is -0.508 e. The number of rotatable bonds is 10. The summed E-state index contributed by atoms with van der Waals surface area (Å²) in [5.41, 5.74) is 5.23. The monoisotopic (exact) mass is 517 g/mol. The molecule has 2 atom stereocenters. The zero-order valence-electron chi connectivity index (χ0n) is 21.7. The first-order valence-corrected chi connectivity index (χ1v) is 14.3. The number of ether oxygens (including phenoxy) is 1. The van der Waals surface area contributed by atoms with E-state index in [0.29, 0.717) is 5.75 Å². The Morgan fingerprint density at radius 1 is 0.579 bits per heavy atom. The van der Waals surface area contributed by atoms with Gasteiger partial charge < -0.3 is 9.84 Å². The van der Waals surface area contributed by atoms with Crippen LogP contribution in [-0.4, -0.2) is 12.2 Å². The second kappa shape index (κ2) is 12.1. The lowest BCUT2D eigenvalue weighted by molar-refractivity contribution is 0.414. The van der Waals surface area contributed by atoms with E-state index < -0.39 is 0 Å². The zero-order chi connectivity index (χ0) is 26.2. The van der Waals surface area contributed by atoms with E-state index in [1.165, 1.54) is 27.1 Å². The predicted molar refractivity (Wildman–Crippen MR) is 159 cm³/mol. The van der Waals surface area contributed by atoms with Crippen LogP contribution in [0.4, 0.5) is 0 Å². The SMILES string of the molecule is COc1ccc(CC(Cc2ccccc2)(c2ccccc2)[S+](Cc2ccccc2)c2ccc(O)cc2)cc1. The van der Waals surface area contributed by atoms with E-state index in [9.17, 15) is 5.11 Å². The third-order valence-electron chi connectivity index (χ3n) is 7.03. The lowest BCUT2D eigenvalue weighted by Gasteiger charge is -2.35. The molecule has 0 aliphatic carbocycles. The van der Waals surface area contributed by atoms with Crippen molar-refractivity contribution < 1.29 is 9.84 Å². The van der Waals surface area contributed by atoms with Crippen molar-refractivity contribution in [1.29, 1.82) is 0 Å². The first-order valence-electron chi connectivity index (χ1n) is 12.9. The van der Waals surface area contributed by atoms with Gasteiger partial charge in [0.2, 0.25) is 0 Å². The van der Waals surface area contributed by atoms with Crippen molar-refractivity contribution in [1.82, 2.24) is 0 Å². The lowest BCUT2D eigenvalue weighted by Crippen LogP contribution is -2.41. The summed E-state index contributed by atoms with van der Waals surface area (Å²) >= 11 is 0. The summed E-state index contributed by atoms with van der Waals surface area (Å²) in [6.07, 6.45) is 1.76. The van der Waals surface area contributed by atoms with Crippen LogP contribution in [0, 0.1) is 0 Å². The van der Waals surface area contributed by atoms with Crippen LogP contribution in [-0.2, 0) is 34.2 Å². The maximum absolute atomic E-state index is 10.2. The number of aromatic hydroxyl groups is 1. The van der Waals surface area contributed by atoms with Crippen LogP contribution in [0.1, 0.15) is 22.3 Å². The molecular formula is C35H33O2S+. The van der Waals surface area contributed by atoms with Crippen LogP contribution >= 0.6 is 0 Å². The Kier molecular flexibility index (Phi) is 8.15. The normalized spacial score (nSPS) is 13.4. The second-order valence-corrected chi connectivity index (χ2v) is 11.9. The van der Waals surface area contributed by atoms with Crippen LogP contribution in [0.3, 0.4) is 0 Å². The van der Waals surface area contributed by atoms with Gasteiger partial charge >= 0.3 is 0 Å². The van der Waals surface area contributed by atoms with E-state index >= 15 is 0 Å². The van der Waals surface area contributed by atoms with E-state index in [1.54, 1.807) is 7.11 Å². The molecule has 0 saturated carbocycles. The minimum atomic E-state index is -0.245. The fourth-order valence-electron chi connectivity index (χ4n) is 5.12. The summed E-state index contributed by atoms with van der Waals surface area (Å²) in [6.45, 7) is 0. The van der Waals surface area contributed by atoms with Gasteiger partial charge in [-0.2, -0.15) is 0 Å². The quantitative estimate of drug-likeness (QED) is 0.190. The predicted octanol–water partition coefficient (Wildman–Crippen LogP) is 7.96. The fourth-order valence-corrected chi connectivity index (χ4v) is 8.11. The van der Waals surface area contributed by atoms with Crippen molar-refractivity contribution in [3.63, 3.8) is 0 Å². The number of phenols is 1. The molecule has 2 unspecified atom stereocenters. The average Bonchev–Trinajstić information content (AvgIpc) is 2.98. The summed E-state index contributed by atoms with van der Waals surface area (Å²) in [4.78, 5) is 1.25. The highest BCUT2D eigenvalue weighted by molar-refractivity contribution is 7.97. The highest BCUT2D eigenvalue weighted by atomic mass is 32.2. The molecule has 0 spiro atoms. The van der Waals surface area contributed by atoms with Crippen molar-refractivity contribution in [3.8, 4) is 11.5 Å². The number of phenolic OH excluding ortho intramolecular Hbond substituents is 1. The molecule has 0 saturated heterocycles. The Balaban J connectivity index is 1.73. The van der Waals surface area contributed by atoms with Crippen molar-refractivity contribution in [2.75, 3.05) is 7.11 Å². The van der Waals surface area contributed by atoms with Crippen LogP contribution < -0.4 is 4.74 Å². The average molecular weight is 518 g/mol. The highest BCUT2D eigenvalue weighted by Gasteiger charge is 2.50. The van der Waals surface area contributed by atoms with E-state index in [2.05, 4.69) is 127 Å². The molecule has 0 bridgehead atoms. The van der Waals surface area contributed by atoms with Gasteiger partial charge in [-0.25, -0.2) is 0 Å². The molecule has 0 radical (unpaired) electrons. The van der Waals surface area contributed by atoms with Crippen LogP contribution in [0.25, 0.3) is 0 Å². The standard InChI is InChI=1S/C35H32O2S/c1-37-33-21-17-29(18-22-33)26-35(31-15-9-4-10-16-31,25-28-11-5-2-6-12-28)38(27-30-13-7-3-8-14-30)34-23-19-32(36)20-24-34/h2-24H,25-27H2,1H3/p+1. The summed E-state index contributed by atoms with van der Waals surface area (Å²) in [6, 6.07) is 49.0. The van der Waals surface area contributed by atoms with Crippen LogP contribution in [0.15, 0.2) is 144 Å². The van der Waals surface area contributed by atoms with Crippen molar-refractivity contribution >= 4 is 10.9 Å². The van der Waals surface area contributed by atoms with Crippen LogP contribution in [0.5, 0.6) is 11.5 Å². The van der Waals surface area contributed by atoms with E-state index in [0.717, 1.165) is 24.3 Å². The Morgan fingerprint density at radius 3 is 1.63 bits per heavy atom. The Hall–Kier alpha value is -3.95. The molecule has 3 heteroatoms. The summed E-state index contributed by atoms with van der Waals surface area (Å²) in [5, 5.41) is 10.2. The van der Waals surface area contributed by atoms with Crippen LogP contribution in [0.2, 0.25) is 0 Å². The molecule has 0 aliphatic rings. The Bertz CT molecular complexity index is 1400. The molecule has 38 heavy (non-hydrogen) atoms. The van der Waals surface area contributed by atoms with Gasteiger partial charge in [0.05, 0.1) is 7.11 Å². The number of benzene rings is 5. The molecule has 0 amide bonds. The van der Waals surface area contributed by atoms with Gasteiger partial charge in [0, 0.05) is 34.9 Å². The van der Waals surface area contributed by atoms with Gasteiger partial charge in [-0.05, 0) is 47.5 Å². The molecule has 0 aliphatic heterocycles. The second-order valence-electron chi connectivity index (χ2n) is 9.56. The van der Waals surface area contributed by atoms with Crippen molar-refractivity contribution in [2.24, 2.45) is 0 Å². The highest BCUT2D eigenvalue weighted by Crippen LogP contribution is 2.45. The molecule has 5 rings (SSSR count). The Labute approximate surface area is 228 Å². The third kappa shape index (κ3) is 5.95. The molecule has 0 heterocycles. The zero-order valence-corrected chi connectivity index (χ0v) is 22.5. The molecule has 190 valence electrons. The largest absolute Gasteiger partial charge is 0.508 e. The van der Waals surface area contributed by atoms with E-state index in [4.69, 9.17) is 4.74 Å². The van der Waals surface area contributed by atoms with Gasteiger partial charge in [0.25, 0.3) is 0 Å². The molecule has 5 aromatic carbocycles. The smallest absolute Gasteiger partial charge is 0.166 e. The van der Waals surface area contributed by atoms with Gasteiger partial charge in [-0.1, -0.05) is 103 Å². The van der Waals surface area contributed by atoms with Crippen molar-refractivity contribution in [2.45, 2.75) is 28.2 Å². The first-order chi connectivity index (χ1) is 18.7. The fraction of sp³-hybridized carbons (Fsp3) is 0.143. The summed E-state index contributed by atoms with van der Waals surface area (Å²) in [7, 11) is 1.46. The molecule has 0 fully saturated rings. The number of methoxy groups -OCH3 is 1. The number of hydrogen-bond acceptors (Lipinski definition) is 2. The van der Waals surface area contributed by atoms with Gasteiger partial charge in [0.15, 0.2) is 9.64 Å². The molecule has 5 aromatic rings. The third-order valence-corrected chi connectivity index (χ3v) is 9.96. The first kappa shape index (κ1) is 25.7. The topological polar surface area (TPSA) is 29.5 Å². The molecule has 1 N–H and O–H groups in total. The lowest BCUT2D eigenvalue weighted by atomic mass is 9.85. The van der Waals surface area contributed by atoms with Crippen molar-refractivity contribution in [3.05, 3.63) is 162 Å². The maximum atomic E-state index is 10.2. The molecular weight excluding hydrogens is 484 g/mol. The molecule has 2 nitrogen and oxygen atoms in total.